The standard InChI is InChI=1S/C17H29NSi/c1-5-9-15-18(19(6-2,7-3)8-4)16-17-13-11-10-12-14-17/h9-15H,5-8,16H2,1-4H3/b15-9+. The second-order valence-corrected chi connectivity index (χ2v) is 10.3. The first-order valence-corrected chi connectivity index (χ1v) is 10.3. The molecule has 0 aliphatic rings. The van der Waals surface area contributed by atoms with Crippen molar-refractivity contribution < 1.29 is 0 Å². The average molecular weight is 276 g/mol. The Morgan fingerprint density at radius 3 is 2.00 bits per heavy atom. The fraction of sp³-hybridized carbons (Fsp3) is 0.529. The Labute approximate surface area is 120 Å². The molecule has 19 heavy (non-hydrogen) atoms. The number of allylic oxidation sites excluding steroid dienone is 1. The zero-order chi connectivity index (χ0) is 14.1. The molecule has 0 spiro atoms. The van der Waals surface area contributed by atoms with Gasteiger partial charge in [-0.05, 0) is 36.3 Å². The van der Waals surface area contributed by atoms with E-state index in [2.05, 4.69) is 74.9 Å². The second-order valence-electron chi connectivity index (χ2n) is 5.19. The topological polar surface area (TPSA) is 3.24 Å². The van der Waals surface area contributed by atoms with Gasteiger partial charge in [0.25, 0.3) is 0 Å². The van der Waals surface area contributed by atoms with Gasteiger partial charge in [-0.1, -0.05) is 64.1 Å². The van der Waals surface area contributed by atoms with Gasteiger partial charge in [-0.15, -0.1) is 0 Å². The lowest BCUT2D eigenvalue weighted by Gasteiger charge is -2.40. The van der Waals surface area contributed by atoms with Gasteiger partial charge in [0, 0.05) is 6.54 Å². The smallest absolute Gasteiger partial charge is 0.155 e. The molecule has 1 nitrogen and oxygen atoms in total. The van der Waals surface area contributed by atoms with Crippen LogP contribution in [-0.2, 0) is 6.54 Å². The van der Waals surface area contributed by atoms with Crippen LogP contribution >= 0.6 is 0 Å². The fourth-order valence-corrected chi connectivity index (χ4v) is 6.41. The lowest BCUT2D eigenvalue weighted by atomic mass is 10.2. The lowest BCUT2D eigenvalue weighted by Crippen LogP contribution is -2.48. The van der Waals surface area contributed by atoms with Crippen LogP contribution in [0.4, 0.5) is 0 Å². The second kappa shape index (κ2) is 8.21. The molecule has 106 valence electrons. The Morgan fingerprint density at radius 1 is 0.947 bits per heavy atom. The van der Waals surface area contributed by atoms with Gasteiger partial charge in [-0.2, -0.15) is 0 Å². The van der Waals surface area contributed by atoms with Crippen LogP contribution in [0.2, 0.25) is 18.1 Å². The Morgan fingerprint density at radius 2 is 1.53 bits per heavy atom. The Bertz CT molecular complexity index is 360. The Balaban J connectivity index is 2.96. The highest BCUT2D eigenvalue weighted by atomic mass is 28.3. The van der Waals surface area contributed by atoms with E-state index >= 15 is 0 Å². The maximum absolute atomic E-state index is 2.69. The van der Waals surface area contributed by atoms with Crippen molar-refractivity contribution in [1.82, 2.24) is 4.57 Å². The molecule has 0 saturated heterocycles. The molecule has 0 aliphatic carbocycles. The average Bonchev–Trinajstić information content (AvgIpc) is 2.48. The molecule has 0 saturated carbocycles. The van der Waals surface area contributed by atoms with Gasteiger partial charge in [0.05, 0.1) is 0 Å². The Kier molecular flexibility index (Phi) is 6.93. The van der Waals surface area contributed by atoms with Crippen LogP contribution in [0.1, 0.15) is 39.7 Å². The van der Waals surface area contributed by atoms with Crippen molar-refractivity contribution in [3.8, 4) is 0 Å². The predicted molar refractivity (Wildman–Crippen MR) is 88.6 cm³/mol. The van der Waals surface area contributed by atoms with Crippen molar-refractivity contribution >= 4 is 8.24 Å². The third-order valence-electron chi connectivity index (χ3n) is 4.30. The van der Waals surface area contributed by atoms with Crippen LogP contribution < -0.4 is 0 Å². The van der Waals surface area contributed by atoms with E-state index in [1.807, 2.05) is 0 Å². The molecular formula is C17H29NSi. The summed E-state index contributed by atoms with van der Waals surface area (Å²) in [5, 5.41) is 0. The minimum absolute atomic E-state index is 1.07. The molecule has 1 aromatic rings. The minimum atomic E-state index is -1.32. The van der Waals surface area contributed by atoms with Gasteiger partial charge in [0.2, 0.25) is 0 Å². The van der Waals surface area contributed by atoms with E-state index < -0.39 is 8.24 Å². The molecule has 0 unspecified atom stereocenters. The quantitative estimate of drug-likeness (QED) is 0.573. The van der Waals surface area contributed by atoms with Crippen LogP contribution in [0.3, 0.4) is 0 Å². The number of benzene rings is 1. The van der Waals surface area contributed by atoms with Crippen molar-refractivity contribution in [2.75, 3.05) is 0 Å². The van der Waals surface area contributed by atoms with E-state index in [0.717, 1.165) is 13.0 Å². The zero-order valence-electron chi connectivity index (χ0n) is 13.0. The van der Waals surface area contributed by atoms with Gasteiger partial charge in [-0.3, -0.25) is 0 Å². The molecule has 0 amide bonds. The van der Waals surface area contributed by atoms with E-state index in [1.165, 1.54) is 23.7 Å². The third kappa shape index (κ3) is 4.24. The molecule has 0 bridgehead atoms. The maximum atomic E-state index is 2.69. The van der Waals surface area contributed by atoms with Crippen molar-refractivity contribution in [3.05, 3.63) is 48.2 Å². The van der Waals surface area contributed by atoms with E-state index in [-0.39, 0.29) is 0 Å². The largest absolute Gasteiger partial charge is 0.399 e. The van der Waals surface area contributed by atoms with Gasteiger partial charge in [0.15, 0.2) is 8.24 Å². The highest BCUT2D eigenvalue weighted by Crippen LogP contribution is 2.27. The maximum Gasteiger partial charge on any atom is 0.155 e. The van der Waals surface area contributed by atoms with Crippen LogP contribution in [-0.4, -0.2) is 12.8 Å². The van der Waals surface area contributed by atoms with Crippen molar-refractivity contribution in [1.29, 1.82) is 0 Å². The molecule has 1 aromatic carbocycles. The molecule has 0 aliphatic heterocycles. The van der Waals surface area contributed by atoms with Crippen molar-refractivity contribution in [3.63, 3.8) is 0 Å². The summed E-state index contributed by atoms with van der Waals surface area (Å²) in [7, 11) is -1.32. The summed E-state index contributed by atoms with van der Waals surface area (Å²) in [4.78, 5) is 0. The highest BCUT2D eigenvalue weighted by Gasteiger charge is 2.32. The summed E-state index contributed by atoms with van der Waals surface area (Å²) in [5.74, 6) is 0. The summed E-state index contributed by atoms with van der Waals surface area (Å²) in [6.07, 6.45) is 5.80. The molecule has 0 atom stereocenters. The molecule has 0 radical (unpaired) electrons. The van der Waals surface area contributed by atoms with Gasteiger partial charge < -0.3 is 4.57 Å². The van der Waals surface area contributed by atoms with Crippen LogP contribution in [0, 0.1) is 0 Å². The molecular weight excluding hydrogens is 246 g/mol. The summed E-state index contributed by atoms with van der Waals surface area (Å²) >= 11 is 0. The normalized spacial score (nSPS) is 12.0. The molecule has 0 heterocycles. The monoisotopic (exact) mass is 275 g/mol. The van der Waals surface area contributed by atoms with E-state index in [9.17, 15) is 0 Å². The number of rotatable bonds is 8. The van der Waals surface area contributed by atoms with E-state index in [0.29, 0.717) is 0 Å². The predicted octanol–water partition coefficient (Wildman–Crippen LogP) is 5.42. The first kappa shape index (κ1) is 16.0. The van der Waals surface area contributed by atoms with Gasteiger partial charge >= 0.3 is 0 Å². The van der Waals surface area contributed by atoms with Gasteiger partial charge in [0.1, 0.15) is 0 Å². The molecule has 0 N–H and O–H groups in total. The van der Waals surface area contributed by atoms with E-state index in [4.69, 9.17) is 0 Å². The van der Waals surface area contributed by atoms with Crippen molar-refractivity contribution in [2.45, 2.75) is 58.8 Å². The molecule has 0 aromatic heterocycles. The summed E-state index contributed by atoms with van der Waals surface area (Å²) in [6, 6.07) is 14.9. The summed E-state index contributed by atoms with van der Waals surface area (Å²) in [6.45, 7) is 10.4. The van der Waals surface area contributed by atoms with Gasteiger partial charge in [-0.25, -0.2) is 0 Å². The van der Waals surface area contributed by atoms with Crippen LogP contribution in [0.25, 0.3) is 0 Å². The first-order chi connectivity index (χ1) is 9.22. The first-order valence-electron chi connectivity index (χ1n) is 7.69. The summed E-state index contributed by atoms with van der Waals surface area (Å²) in [5.41, 5.74) is 1.43. The van der Waals surface area contributed by atoms with Crippen LogP contribution in [0.5, 0.6) is 0 Å². The third-order valence-corrected chi connectivity index (χ3v) is 9.77. The Hall–Kier alpha value is -1.02. The summed E-state index contributed by atoms with van der Waals surface area (Å²) < 4.78 is 2.69. The van der Waals surface area contributed by atoms with Crippen molar-refractivity contribution in [2.24, 2.45) is 0 Å². The molecule has 1 rings (SSSR count). The molecule has 0 fully saturated rings. The number of hydrogen-bond acceptors (Lipinski definition) is 1. The number of hydrogen-bond donors (Lipinski definition) is 0. The lowest BCUT2D eigenvalue weighted by molar-refractivity contribution is 0.536. The minimum Gasteiger partial charge on any atom is -0.399 e. The van der Waals surface area contributed by atoms with Crippen LogP contribution in [0.15, 0.2) is 42.6 Å². The van der Waals surface area contributed by atoms with E-state index in [1.54, 1.807) is 0 Å². The zero-order valence-corrected chi connectivity index (χ0v) is 14.0. The number of nitrogens with zero attached hydrogens (tertiary/aromatic N) is 1. The molecule has 2 heteroatoms. The highest BCUT2D eigenvalue weighted by molar-refractivity contribution is 6.77. The fourth-order valence-electron chi connectivity index (χ4n) is 2.75. The SMILES string of the molecule is CC/C=C/N(Cc1ccccc1)[Si](CC)(CC)CC.